The van der Waals surface area contributed by atoms with Crippen molar-refractivity contribution in [3.05, 3.63) is 102 Å². The monoisotopic (exact) mass is 449 g/mol. The van der Waals surface area contributed by atoms with Gasteiger partial charge in [0.05, 0.1) is 10.6 Å². The van der Waals surface area contributed by atoms with E-state index in [1.54, 1.807) is 28.8 Å². The molecule has 0 fully saturated rings. The summed E-state index contributed by atoms with van der Waals surface area (Å²) in [7, 11) is 0. The van der Waals surface area contributed by atoms with Crippen LogP contribution in [0.2, 0.25) is 15.1 Å². The van der Waals surface area contributed by atoms with Gasteiger partial charge in [0.1, 0.15) is 5.02 Å². The van der Waals surface area contributed by atoms with Crippen LogP contribution in [0, 0.1) is 0 Å². The van der Waals surface area contributed by atoms with Crippen LogP contribution >= 0.6 is 34.8 Å². The maximum Gasteiger partial charge on any atom is 0.335 e. The minimum atomic E-state index is -0.974. The number of aromatic nitrogens is 1. The Morgan fingerprint density at radius 2 is 1.59 bits per heavy atom. The summed E-state index contributed by atoms with van der Waals surface area (Å²) in [5, 5.41) is 10.2. The third-order valence-corrected chi connectivity index (χ3v) is 5.50. The van der Waals surface area contributed by atoms with E-state index < -0.39 is 5.97 Å². The zero-order chi connectivity index (χ0) is 21.0. The highest BCUT2D eigenvalue weighted by atomic mass is 35.5. The first kappa shape index (κ1) is 21.4. The van der Waals surface area contributed by atoms with Crippen LogP contribution in [-0.4, -0.2) is 15.6 Å². The molecule has 0 amide bonds. The van der Waals surface area contributed by atoms with E-state index in [1.165, 1.54) is 6.07 Å². The fourth-order valence-corrected chi connectivity index (χ4v) is 3.92. The van der Waals surface area contributed by atoms with E-state index in [1.807, 2.05) is 24.3 Å². The normalized spacial score (nSPS) is 10.9. The molecule has 0 radical (unpaired) electrons. The van der Waals surface area contributed by atoms with Gasteiger partial charge in [-0.05, 0) is 60.7 Å². The second-order valence-electron chi connectivity index (χ2n) is 6.63. The second-order valence-corrected chi connectivity index (χ2v) is 7.88. The lowest BCUT2D eigenvalue weighted by Crippen LogP contribution is -2.25. The van der Waals surface area contributed by atoms with E-state index >= 15 is 0 Å². The predicted molar refractivity (Wildman–Crippen MR) is 117 cm³/mol. The Morgan fingerprint density at radius 3 is 2.24 bits per heavy atom. The minimum Gasteiger partial charge on any atom is -0.478 e. The molecule has 0 saturated carbocycles. The van der Waals surface area contributed by atoms with Crippen molar-refractivity contribution in [1.82, 2.24) is 4.57 Å². The van der Waals surface area contributed by atoms with Crippen molar-refractivity contribution >= 4 is 40.8 Å². The molecule has 1 N–H and O–H groups in total. The first-order valence-corrected chi connectivity index (χ1v) is 10.1. The Labute approximate surface area is 183 Å². The van der Waals surface area contributed by atoms with Gasteiger partial charge in [-0.3, -0.25) is 4.79 Å². The van der Waals surface area contributed by atoms with Gasteiger partial charge in [0.2, 0.25) is 0 Å². The highest BCUT2D eigenvalue weighted by molar-refractivity contribution is 6.34. The van der Waals surface area contributed by atoms with Crippen molar-refractivity contribution in [2.24, 2.45) is 0 Å². The molecule has 0 saturated heterocycles. The summed E-state index contributed by atoms with van der Waals surface area (Å²) in [5.41, 5.74) is 2.60. The number of rotatable bonds is 7. The molecule has 0 spiro atoms. The van der Waals surface area contributed by atoms with Crippen LogP contribution in [0.1, 0.15) is 27.2 Å². The van der Waals surface area contributed by atoms with E-state index in [0.29, 0.717) is 41.5 Å². The molecule has 29 heavy (non-hydrogen) atoms. The molecule has 150 valence electrons. The van der Waals surface area contributed by atoms with Crippen LogP contribution in [0.5, 0.6) is 0 Å². The average Bonchev–Trinajstić information content (AvgIpc) is 2.69. The lowest BCUT2D eigenvalue weighted by atomic mass is 10.1. The number of halogens is 3. The number of hydrogen-bond donors (Lipinski definition) is 1. The summed E-state index contributed by atoms with van der Waals surface area (Å²) < 4.78 is 1.60. The molecule has 3 rings (SSSR count). The maximum atomic E-state index is 12.6. The number of carbonyl (C=O) groups is 1. The summed E-state index contributed by atoms with van der Waals surface area (Å²) in [4.78, 5) is 23.6. The van der Waals surface area contributed by atoms with E-state index in [0.717, 1.165) is 11.1 Å². The number of pyridine rings is 1. The fraction of sp³-hybridized carbons (Fsp3) is 0.182. The lowest BCUT2D eigenvalue weighted by Gasteiger charge is -2.16. The number of nitrogens with zero attached hydrogens (tertiary/aromatic N) is 1. The second kappa shape index (κ2) is 9.49. The smallest absolute Gasteiger partial charge is 0.335 e. The third kappa shape index (κ3) is 5.41. The molecule has 1 heterocycles. The topological polar surface area (TPSA) is 59.3 Å². The molecule has 0 aliphatic rings. The standard InChI is InChI=1S/C22H18Cl3NO3/c23-17-3-1-2-15(12-17)6-9-20-18(24)13-19(25)21(27)26(20)11-10-14-4-7-16(8-5-14)22(28)29/h1-5,7-8,12-13H,6,9-11H2,(H,28,29). The molecule has 0 atom stereocenters. The SMILES string of the molecule is O=C(O)c1ccc(CCn2c(CCc3cccc(Cl)c3)c(Cl)cc(Cl)c2=O)cc1. The number of aryl methyl sites for hydroxylation is 2. The average molecular weight is 451 g/mol. The molecule has 4 nitrogen and oxygen atoms in total. The van der Waals surface area contributed by atoms with E-state index in [9.17, 15) is 9.59 Å². The quantitative estimate of drug-likeness (QED) is 0.514. The summed E-state index contributed by atoms with van der Waals surface area (Å²) in [6, 6.07) is 15.6. The van der Waals surface area contributed by atoms with Crippen molar-refractivity contribution < 1.29 is 9.90 Å². The summed E-state index contributed by atoms with van der Waals surface area (Å²) in [6.45, 7) is 0.385. The summed E-state index contributed by atoms with van der Waals surface area (Å²) >= 11 is 18.5. The van der Waals surface area contributed by atoms with Gasteiger partial charge in [0.25, 0.3) is 5.56 Å². The molecular weight excluding hydrogens is 433 g/mol. The van der Waals surface area contributed by atoms with Gasteiger partial charge in [-0.15, -0.1) is 0 Å². The van der Waals surface area contributed by atoms with Gasteiger partial charge in [0.15, 0.2) is 0 Å². The van der Waals surface area contributed by atoms with Crippen molar-refractivity contribution in [1.29, 1.82) is 0 Å². The molecular formula is C22H18Cl3NO3. The number of benzene rings is 2. The fourth-order valence-electron chi connectivity index (χ4n) is 3.14. The van der Waals surface area contributed by atoms with Gasteiger partial charge >= 0.3 is 5.97 Å². The molecule has 2 aromatic carbocycles. The molecule has 0 unspecified atom stereocenters. The van der Waals surface area contributed by atoms with Crippen LogP contribution in [0.3, 0.4) is 0 Å². The number of hydrogen-bond acceptors (Lipinski definition) is 2. The highest BCUT2D eigenvalue weighted by Gasteiger charge is 2.13. The highest BCUT2D eigenvalue weighted by Crippen LogP contribution is 2.21. The van der Waals surface area contributed by atoms with Crippen LogP contribution in [0.4, 0.5) is 0 Å². The van der Waals surface area contributed by atoms with Gasteiger partial charge in [-0.25, -0.2) is 4.79 Å². The third-order valence-electron chi connectivity index (χ3n) is 4.67. The first-order chi connectivity index (χ1) is 13.8. The Balaban J connectivity index is 1.82. The van der Waals surface area contributed by atoms with Crippen molar-refractivity contribution in [3.8, 4) is 0 Å². The van der Waals surface area contributed by atoms with Crippen LogP contribution in [0.25, 0.3) is 0 Å². The van der Waals surface area contributed by atoms with Crippen LogP contribution in [0.15, 0.2) is 59.4 Å². The number of carboxylic acid groups (broad SMARTS) is 1. The van der Waals surface area contributed by atoms with E-state index in [-0.39, 0.29) is 16.1 Å². The number of carboxylic acids is 1. The van der Waals surface area contributed by atoms with Crippen molar-refractivity contribution in [3.63, 3.8) is 0 Å². The Bertz CT molecular complexity index is 1090. The Hall–Kier alpha value is -2.27. The van der Waals surface area contributed by atoms with Crippen LogP contribution < -0.4 is 5.56 Å². The van der Waals surface area contributed by atoms with Gasteiger partial charge < -0.3 is 9.67 Å². The molecule has 0 aliphatic carbocycles. The molecule has 0 aliphatic heterocycles. The predicted octanol–water partition coefficient (Wildman–Crippen LogP) is 5.53. The summed E-state index contributed by atoms with van der Waals surface area (Å²) in [6.07, 6.45) is 1.78. The van der Waals surface area contributed by atoms with Crippen LogP contribution in [-0.2, 0) is 25.8 Å². The molecule has 7 heteroatoms. The van der Waals surface area contributed by atoms with Gasteiger partial charge in [-0.1, -0.05) is 59.1 Å². The minimum absolute atomic E-state index is 0.0720. The maximum absolute atomic E-state index is 12.6. The molecule has 0 bridgehead atoms. The first-order valence-electron chi connectivity index (χ1n) is 8.99. The summed E-state index contributed by atoms with van der Waals surface area (Å²) in [5.74, 6) is -0.974. The zero-order valence-corrected chi connectivity index (χ0v) is 17.6. The van der Waals surface area contributed by atoms with Gasteiger partial charge in [-0.2, -0.15) is 0 Å². The lowest BCUT2D eigenvalue weighted by molar-refractivity contribution is 0.0697. The van der Waals surface area contributed by atoms with E-state index in [2.05, 4.69) is 0 Å². The Morgan fingerprint density at radius 1 is 0.862 bits per heavy atom. The number of aromatic carboxylic acids is 1. The molecule has 3 aromatic rings. The van der Waals surface area contributed by atoms with Crippen molar-refractivity contribution in [2.45, 2.75) is 25.8 Å². The van der Waals surface area contributed by atoms with Crippen molar-refractivity contribution in [2.75, 3.05) is 0 Å². The van der Waals surface area contributed by atoms with E-state index in [4.69, 9.17) is 39.9 Å². The zero-order valence-electron chi connectivity index (χ0n) is 15.4. The van der Waals surface area contributed by atoms with Gasteiger partial charge in [0, 0.05) is 17.3 Å². The Kier molecular flexibility index (Phi) is 7.01. The largest absolute Gasteiger partial charge is 0.478 e. The molecule has 1 aromatic heterocycles.